The maximum Gasteiger partial charge on any atom is 0.340 e. The summed E-state index contributed by atoms with van der Waals surface area (Å²) >= 11 is 0. The highest BCUT2D eigenvalue weighted by molar-refractivity contribution is 6.01. The van der Waals surface area contributed by atoms with Crippen molar-refractivity contribution in [2.24, 2.45) is 0 Å². The van der Waals surface area contributed by atoms with Crippen LogP contribution in [0.15, 0.2) is 103 Å². The second-order valence-corrected chi connectivity index (χ2v) is 14.2. The Bertz CT molecular complexity index is 2370. The fourth-order valence-electron chi connectivity index (χ4n) is 7.42. The third-order valence-electron chi connectivity index (χ3n) is 10.3. The Morgan fingerprint density at radius 3 is 2.09 bits per heavy atom. The quantitative estimate of drug-likeness (QED) is 0.109. The van der Waals surface area contributed by atoms with Crippen molar-refractivity contribution in [3.63, 3.8) is 0 Å². The first-order valence-electron chi connectivity index (χ1n) is 18.2. The maximum absolute atomic E-state index is 13.7. The molecule has 2 amide bonds. The van der Waals surface area contributed by atoms with Gasteiger partial charge in [0.25, 0.3) is 5.91 Å². The van der Waals surface area contributed by atoms with Crippen LogP contribution < -0.4 is 25.2 Å². The predicted molar refractivity (Wildman–Crippen MR) is 210 cm³/mol. The number of hydrogen-bond donors (Lipinski definition) is 2. The fourth-order valence-corrected chi connectivity index (χ4v) is 7.42. The first-order chi connectivity index (χ1) is 26.6. The van der Waals surface area contributed by atoms with Crippen LogP contribution in [0.4, 0.5) is 11.4 Å². The standard InChI is InChI=1S/C45H40N4O6/c1-48(2)32-16-19-37-40(25-32)54-41-26-33(49(3)4)17-20-38(41)45(37)36-18-15-31(23-35(36)44(52)55-45)43(51)47-22-21-46-42(50)27-53-39-24-30-11-6-5-9-28(30)13-14-29-10-7-8-12-34(29)39/h5-12,15-20,23,25-26,39H,21-22,24,27H2,1-4H3,(H,46,50)(H,47,51). The number of rotatable bonds is 9. The van der Waals surface area contributed by atoms with E-state index in [1.54, 1.807) is 18.2 Å². The SMILES string of the molecule is CN(C)c1ccc2c(c1)Oc1cc(N(C)C)ccc1C21OC(=O)c2cc(C(=O)NCCNC(=O)COC3Cc4ccccc4C#Cc4ccccc43)ccc21. The van der Waals surface area contributed by atoms with E-state index >= 15 is 0 Å². The van der Waals surface area contributed by atoms with Crippen molar-refractivity contribution in [1.29, 1.82) is 0 Å². The fraction of sp³-hybridized carbons (Fsp3) is 0.222. The summed E-state index contributed by atoms with van der Waals surface area (Å²) in [7, 11) is 7.81. The lowest BCUT2D eigenvalue weighted by molar-refractivity contribution is -0.127. The smallest absolute Gasteiger partial charge is 0.340 e. The minimum atomic E-state index is -1.26. The van der Waals surface area contributed by atoms with Gasteiger partial charge < -0.3 is 34.6 Å². The monoisotopic (exact) mass is 732 g/mol. The van der Waals surface area contributed by atoms with Gasteiger partial charge in [0.15, 0.2) is 5.60 Å². The van der Waals surface area contributed by atoms with Gasteiger partial charge >= 0.3 is 5.97 Å². The molecule has 5 aromatic carbocycles. The lowest BCUT2D eigenvalue weighted by Gasteiger charge is -2.37. The molecule has 2 heterocycles. The Kier molecular flexibility index (Phi) is 9.25. The zero-order valence-corrected chi connectivity index (χ0v) is 31.1. The number of amides is 2. The van der Waals surface area contributed by atoms with Crippen LogP contribution in [0.5, 0.6) is 11.5 Å². The molecule has 0 radical (unpaired) electrons. The number of ether oxygens (including phenoxy) is 3. The molecule has 3 aliphatic rings. The summed E-state index contributed by atoms with van der Waals surface area (Å²) in [5.41, 5.74) is 7.05. The summed E-state index contributed by atoms with van der Waals surface area (Å²) in [6, 6.07) is 32.5. The summed E-state index contributed by atoms with van der Waals surface area (Å²) in [4.78, 5) is 43.8. The van der Waals surface area contributed by atoms with Gasteiger partial charge in [0.1, 0.15) is 18.1 Å². The van der Waals surface area contributed by atoms with Crippen LogP contribution in [0, 0.1) is 11.8 Å². The molecule has 8 rings (SSSR count). The van der Waals surface area contributed by atoms with Crippen molar-refractivity contribution in [2.45, 2.75) is 18.1 Å². The van der Waals surface area contributed by atoms with Gasteiger partial charge in [-0.15, -0.1) is 0 Å². The number of anilines is 2. The summed E-state index contributed by atoms with van der Waals surface area (Å²) in [6.07, 6.45) is 0.236. The van der Waals surface area contributed by atoms with Gasteiger partial charge in [-0.05, 0) is 59.7 Å². The topological polar surface area (TPSA) is 109 Å². The number of nitrogens with zero attached hydrogens (tertiary/aromatic N) is 2. The molecule has 2 N–H and O–H groups in total. The molecule has 276 valence electrons. The van der Waals surface area contributed by atoms with Gasteiger partial charge in [-0.3, -0.25) is 9.59 Å². The molecule has 55 heavy (non-hydrogen) atoms. The summed E-state index contributed by atoms with van der Waals surface area (Å²) in [5.74, 6) is 6.45. The highest BCUT2D eigenvalue weighted by Gasteiger charge is 2.53. The molecule has 0 saturated heterocycles. The normalized spacial score (nSPS) is 15.2. The molecule has 0 aromatic heterocycles. The van der Waals surface area contributed by atoms with Crippen LogP contribution in [0.2, 0.25) is 0 Å². The van der Waals surface area contributed by atoms with Crippen molar-refractivity contribution >= 4 is 29.2 Å². The second-order valence-electron chi connectivity index (χ2n) is 14.2. The number of benzene rings is 5. The third-order valence-corrected chi connectivity index (χ3v) is 10.3. The van der Waals surface area contributed by atoms with Crippen molar-refractivity contribution < 1.29 is 28.6 Å². The first-order valence-corrected chi connectivity index (χ1v) is 18.2. The number of fused-ring (bicyclic) bond motifs is 8. The van der Waals surface area contributed by atoms with E-state index in [9.17, 15) is 14.4 Å². The van der Waals surface area contributed by atoms with Gasteiger partial charge in [-0.25, -0.2) is 4.79 Å². The van der Waals surface area contributed by atoms with E-state index in [0.29, 0.717) is 45.7 Å². The Hall–Kier alpha value is -6.57. The third kappa shape index (κ3) is 6.53. The van der Waals surface area contributed by atoms with Crippen LogP contribution in [0.1, 0.15) is 65.8 Å². The molecule has 0 fully saturated rings. The summed E-state index contributed by atoms with van der Waals surface area (Å²) in [5, 5.41) is 5.68. The van der Waals surface area contributed by atoms with Gasteiger partial charge in [0.2, 0.25) is 5.91 Å². The minimum absolute atomic E-state index is 0.151. The molecule has 1 spiro atoms. The summed E-state index contributed by atoms with van der Waals surface area (Å²) < 4.78 is 19.0. The number of carbonyl (C=O) groups excluding carboxylic acids is 3. The average Bonchev–Trinajstić information content (AvgIpc) is 3.47. The van der Waals surface area contributed by atoms with Gasteiger partial charge in [-0.2, -0.15) is 0 Å². The summed E-state index contributed by atoms with van der Waals surface area (Å²) in [6.45, 7) is 0.213. The van der Waals surface area contributed by atoms with Gasteiger partial charge in [0.05, 0.1) is 11.7 Å². The minimum Gasteiger partial charge on any atom is -0.456 e. The molecule has 2 aliphatic heterocycles. The second kappa shape index (κ2) is 14.3. The van der Waals surface area contributed by atoms with Crippen molar-refractivity contribution in [3.8, 4) is 23.3 Å². The van der Waals surface area contributed by atoms with Crippen LogP contribution in [-0.2, 0) is 26.3 Å². The Balaban J connectivity index is 0.944. The number of nitrogens with one attached hydrogen (secondary N) is 2. The predicted octanol–water partition coefficient (Wildman–Crippen LogP) is 5.95. The molecule has 5 aromatic rings. The molecule has 0 saturated carbocycles. The Morgan fingerprint density at radius 2 is 1.38 bits per heavy atom. The van der Waals surface area contributed by atoms with E-state index in [-0.39, 0.29) is 37.6 Å². The molecule has 10 heteroatoms. The maximum atomic E-state index is 13.7. The molecule has 10 nitrogen and oxygen atoms in total. The number of esters is 1. The van der Waals surface area contributed by atoms with Crippen molar-refractivity contribution in [1.82, 2.24) is 10.6 Å². The van der Waals surface area contributed by atoms with E-state index in [0.717, 1.165) is 33.6 Å². The average molecular weight is 733 g/mol. The van der Waals surface area contributed by atoms with Crippen molar-refractivity contribution in [2.75, 3.05) is 57.7 Å². The molecule has 1 aliphatic carbocycles. The zero-order chi connectivity index (χ0) is 38.3. The van der Waals surface area contributed by atoms with Crippen molar-refractivity contribution in [3.05, 3.63) is 153 Å². The van der Waals surface area contributed by atoms with E-state index in [1.807, 2.05) is 123 Å². The van der Waals surface area contributed by atoms with Crippen LogP contribution in [0.3, 0.4) is 0 Å². The lowest BCUT2D eigenvalue weighted by atomic mass is 9.77. The zero-order valence-electron chi connectivity index (χ0n) is 31.1. The van der Waals surface area contributed by atoms with E-state index in [2.05, 4.69) is 22.5 Å². The van der Waals surface area contributed by atoms with E-state index in [4.69, 9.17) is 14.2 Å². The lowest BCUT2D eigenvalue weighted by Crippen LogP contribution is -2.36. The molecule has 0 bridgehead atoms. The Labute approximate surface area is 320 Å². The van der Waals surface area contributed by atoms with E-state index < -0.39 is 11.6 Å². The largest absolute Gasteiger partial charge is 0.456 e. The van der Waals surface area contributed by atoms with Gasteiger partial charge in [0, 0.05) is 105 Å². The van der Waals surface area contributed by atoms with E-state index in [1.165, 1.54) is 0 Å². The molecule has 1 atom stereocenters. The highest BCUT2D eigenvalue weighted by atomic mass is 16.6. The highest BCUT2D eigenvalue weighted by Crippen LogP contribution is 2.57. The Morgan fingerprint density at radius 1 is 0.764 bits per heavy atom. The number of hydrogen-bond acceptors (Lipinski definition) is 8. The van der Waals surface area contributed by atoms with Crippen LogP contribution >= 0.6 is 0 Å². The molecule has 1 unspecified atom stereocenters. The van der Waals surface area contributed by atoms with Gasteiger partial charge in [-0.1, -0.05) is 54.3 Å². The van der Waals surface area contributed by atoms with Crippen LogP contribution in [0.25, 0.3) is 0 Å². The van der Waals surface area contributed by atoms with Crippen LogP contribution in [-0.4, -0.2) is 65.7 Å². The first kappa shape index (κ1) is 35.5. The number of carbonyl (C=O) groups is 3. The molecular weight excluding hydrogens is 693 g/mol. The molecular formula is C45H40N4O6.